The molecule has 0 saturated carbocycles. The van der Waals surface area contributed by atoms with Crippen molar-refractivity contribution in [2.45, 2.75) is 25.7 Å². The highest BCUT2D eigenvalue weighted by Crippen LogP contribution is 2.29. The van der Waals surface area contributed by atoms with Gasteiger partial charge in [-0.15, -0.1) is 0 Å². The first kappa shape index (κ1) is 16.5. The van der Waals surface area contributed by atoms with Gasteiger partial charge in [0, 0.05) is 31.5 Å². The lowest BCUT2D eigenvalue weighted by molar-refractivity contribution is -0.114. The Labute approximate surface area is 144 Å². The van der Waals surface area contributed by atoms with E-state index < -0.39 is 0 Å². The zero-order valence-corrected chi connectivity index (χ0v) is 14.0. The maximum Gasteiger partial charge on any atom is 0.253 e. The average molecular weight is 348 g/mol. The molecule has 0 unspecified atom stereocenters. The Balaban J connectivity index is 1.65. The molecule has 6 nitrogen and oxygen atoms in total. The number of aromatic nitrogens is 1. The highest BCUT2D eigenvalue weighted by molar-refractivity contribution is 6.34. The van der Waals surface area contributed by atoms with Gasteiger partial charge in [0.15, 0.2) is 6.39 Å². The summed E-state index contributed by atoms with van der Waals surface area (Å²) >= 11 is 6.14. The molecule has 1 N–H and O–H groups in total. The van der Waals surface area contributed by atoms with Crippen molar-refractivity contribution in [2.24, 2.45) is 0 Å². The number of carbonyl (C=O) groups excluding carboxylic acids is 2. The highest BCUT2D eigenvalue weighted by Gasteiger charge is 2.26. The third kappa shape index (κ3) is 3.59. The molecule has 0 radical (unpaired) electrons. The van der Waals surface area contributed by atoms with Crippen molar-refractivity contribution >= 4 is 29.1 Å². The van der Waals surface area contributed by atoms with Crippen LogP contribution in [0.3, 0.4) is 0 Å². The maximum absolute atomic E-state index is 12.6. The molecule has 3 rings (SSSR count). The van der Waals surface area contributed by atoms with E-state index in [9.17, 15) is 9.59 Å². The molecule has 2 heterocycles. The van der Waals surface area contributed by atoms with E-state index in [1.807, 2.05) is 4.90 Å². The molecule has 7 heteroatoms. The Morgan fingerprint density at radius 3 is 2.67 bits per heavy atom. The van der Waals surface area contributed by atoms with Crippen molar-refractivity contribution < 1.29 is 14.0 Å². The van der Waals surface area contributed by atoms with Gasteiger partial charge in [0.1, 0.15) is 5.76 Å². The number of oxazole rings is 1. The summed E-state index contributed by atoms with van der Waals surface area (Å²) in [5.41, 5.74) is 1.02. The second-order valence-electron chi connectivity index (χ2n) is 5.85. The Bertz CT molecular complexity index is 738. The number of piperidine rings is 1. The Kier molecular flexibility index (Phi) is 4.85. The molecule has 0 atom stereocenters. The van der Waals surface area contributed by atoms with E-state index in [4.69, 9.17) is 16.0 Å². The molecular formula is C17H18ClN3O3. The standard InChI is InChI=1S/C17H18ClN3O3/c1-11(22)20-15-3-2-13(8-14(15)18)17(23)21-6-4-12(5-7-21)16-9-19-10-24-16/h2-3,8-10,12H,4-7H2,1H3,(H,20,22). The van der Waals surface area contributed by atoms with E-state index in [0.717, 1.165) is 18.6 Å². The van der Waals surface area contributed by atoms with Gasteiger partial charge in [-0.25, -0.2) is 4.98 Å². The molecule has 2 amide bonds. The number of anilines is 1. The number of nitrogens with one attached hydrogen (secondary N) is 1. The van der Waals surface area contributed by atoms with Crippen molar-refractivity contribution in [1.29, 1.82) is 0 Å². The van der Waals surface area contributed by atoms with Crippen LogP contribution >= 0.6 is 11.6 Å². The second kappa shape index (κ2) is 7.05. The number of amides is 2. The SMILES string of the molecule is CC(=O)Nc1ccc(C(=O)N2CCC(c3cnco3)CC2)cc1Cl. The quantitative estimate of drug-likeness (QED) is 0.924. The predicted molar refractivity (Wildman–Crippen MR) is 90.1 cm³/mol. The molecule has 2 aromatic rings. The molecule has 1 aliphatic rings. The van der Waals surface area contributed by atoms with Crippen LogP contribution in [-0.2, 0) is 4.79 Å². The van der Waals surface area contributed by atoms with Crippen molar-refractivity contribution in [1.82, 2.24) is 9.88 Å². The van der Waals surface area contributed by atoms with E-state index in [0.29, 0.717) is 35.3 Å². The van der Waals surface area contributed by atoms with Gasteiger partial charge in [0.05, 0.1) is 16.9 Å². The Morgan fingerprint density at radius 2 is 2.08 bits per heavy atom. The highest BCUT2D eigenvalue weighted by atomic mass is 35.5. The second-order valence-corrected chi connectivity index (χ2v) is 6.25. The number of likely N-dealkylation sites (tertiary alicyclic amines) is 1. The molecule has 1 aromatic heterocycles. The van der Waals surface area contributed by atoms with Crippen LogP contribution in [0.4, 0.5) is 5.69 Å². The fourth-order valence-electron chi connectivity index (χ4n) is 2.92. The minimum atomic E-state index is -0.203. The molecule has 1 fully saturated rings. The van der Waals surface area contributed by atoms with Crippen molar-refractivity contribution in [2.75, 3.05) is 18.4 Å². The van der Waals surface area contributed by atoms with Gasteiger partial charge in [-0.2, -0.15) is 0 Å². The molecule has 1 aromatic carbocycles. The van der Waals surface area contributed by atoms with E-state index in [1.54, 1.807) is 24.4 Å². The van der Waals surface area contributed by atoms with Gasteiger partial charge in [-0.3, -0.25) is 9.59 Å². The molecule has 24 heavy (non-hydrogen) atoms. The topological polar surface area (TPSA) is 75.4 Å². The van der Waals surface area contributed by atoms with Crippen LogP contribution in [0.1, 0.15) is 41.8 Å². The summed E-state index contributed by atoms with van der Waals surface area (Å²) in [7, 11) is 0. The lowest BCUT2D eigenvalue weighted by atomic mass is 9.94. The fraction of sp³-hybridized carbons (Fsp3) is 0.353. The van der Waals surface area contributed by atoms with Crippen molar-refractivity contribution in [3.8, 4) is 0 Å². The fourth-order valence-corrected chi connectivity index (χ4v) is 3.14. The Morgan fingerprint density at radius 1 is 1.33 bits per heavy atom. The van der Waals surface area contributed by atoms with Gasteiger partial charge in [-0.05, 0) is 31.0 Å². The van der Waals surface area contributed by atoms with Gasteiger partial charge in [0.2, 0.25) is 5.91 Å². The van der Waals surface area contributed by atoms with Crippen LogP contribution in [0.2, 0.25) is 5.02 Å². The number of hydrogen-bond acceptors (Lipinski definition) is 4. The first-order valence-electron chi connectivity index (χ1n) is 7.79. The molecule has 0 spiro atoms. The van der Waals surface area contributed by atoms with Crippen LogP contribution in [0.5, 0.6) is 0 Å². The zero-order chi connectivity index (χ0) is 17.1. The van der Waals surface area contributed by atoms with Gasteiger partial charge in [-0.1, -0.05) is 11.6 Å². The molecule has 1 saturated heterocycles. The maximum atomic E-state index is 12.6. The molecular weight excluding hydrogens is 330 g/mol. The number of nitrogens with zero attached hydrogens (tertiary/aromatic N) is 2. The average Bonchev–Trinajstić information content (AvgIpc) is 3.10. The molecule has 0 aliphatic carbocycles. The summed E-state index contributed by atoms with van der Waals surface area (Å²) in [5, 5.41) is 2.98. The van der Waals surface area contributed by atoms with E-state index >= 15 is 0 Å². The van der Waals surface area contributed by atoms with Gasteiger partial charge in [0.25, 0.3) is 5.91 Å². The van der Waals surface area contributed by atoms with E-state index in [2.05, 4.69) is 10.3 Å². The largest absolute Gasteiger partial charge is 0.448 e. The van der Waals surface area contributed by atoms with E-state index in [-0.39, 0.29) is 11.8 Å². The molecule has 0 bridgehead atoms. The number of rotatable bonds is 3. The summed E-state index contributed by atoms with van der Waals surface area (Å²) in [6.45, 7) is 2.73. The number of halogens is 1. The third-order valence-electron chi connectivity index (χ3n) is 4.16. The monoisotopic (exact) mass is 347 g/mol. The van der Waals surface area contributed by atoms with Crippen LogP contribution in [-0.4, -0.2) is 34.8 Å². The lowest BCUT2D eigenvalue weighted by Crippen LogP contribution is -2.37. The van der Waals surface area contributed by atoms with Crippen molar-refractivity contribution in [3.63, 3.8) is 0 Å². The normalized spacial score (nSPS) is 15.3. The predicted octanol–water partition coefficient (Wildman–Crippen LogP) is 3.31. The van der Waals surface area contributed by atoms with Crippen LogP contribution in [0.25, 0.3) is 0 Å². The summed E-state index contributed by atoms with van der Waals surface area (Å²) in [5.74, 6) is 0.930. The van der Waals surface area contributed by atoms with Gasteiger partial charge >= 0.3 is 0 Å². The van der Waals surface area contributed by atoms with E-state index in [1.165, 1.54) is 13.3 Å². The summed E-state index contributed by atoms with van der Waals surface area (Å²) in [4.78, 5) is 29.5. The summed E-state index contributed by atoms with van der Waals surface area (Å²) in [6.07, 6.45) is 4.87. The van der Waals surface area contributed by atoms with Crippen molar-refractivity contribution in [3.05, 3.63) is 47.1 Å². The first-order chi connectivity index (χ1) is 11.5. The number of carbonyl (C=O) groups is 2. The van der Waals surface area contributed by atoms with Crippen LogP contribution < -0.4 is 5.32 Å². The number of hydrogen-bond donors (Lipinski definition) is 1. The third-order valence-corrected chi connectivity index (χ3v) is 4.48. The first-order valence-corrected chi connectivity index (χ1v) is 8.17. The summed E-state index contributed by atoms with van der Waals surface area (Å²) in [6, 6.07) is 4.93. The number of benzene rings is 1. The van der Waals surface area contributed by atoms with Crippen LogP contribution in [0.15, 0.2) is 35.2 Å². The zero-order valence-electron chi connectivity index (χ0n) is 13.3. The summed E-state index contributed by atoms with van der Waals surface area (Å²) < 4.78 is 5.35. The molecule has 126 valence electrons. The minimum Gasteiger partial charge on any atom is -0.448 e. The molecule has 1 aliphatic heterocycles. The lowest BCUT2D eigenvalue weighted by Gasteiger charge is -2.31. The van der Waals surface area contributed by atoms with Crippen LogP contribution in [0, 0.1) is 0 Å². The van der Waals surface area contributed by atoms with Gasteiger partial charge < -0.3 is 14.6 Å². The Hall–Kier alpha value is -2.34. The smallest absolute Gasteiger partial charge is 0.253 e. The minimum absolute atomic E-state index is 0.0534.